The SMILES string of the molecule is CCc1ccccc1NC(=O)Nc1ccc(N2CCN(c3ccccc3OC)CC2)c(C(=O)NCCc2ccccc2)c1. The number of hydrogen-bond acceptors (Lipinski definition) is 5. The highest BCUT2D eigenvalue weighted by molar-refractivity contribution is 6.04. The van der Waals surface area contributed by atoms with Gasteiger partial charge in [-0.3, -0.25) is 4.79 Å². The number of carbonyl (C=O) groups is 2. The molecule has 1 saturated heterocycles. The van der Waals surface area contributed by atoms with Crippen molar-refractivity contribution in [2.75, 3.05) is 60.3 Å². The number of amides is 3. The number of carbonyl (C=O) groups excluding carboxylic acids is 2. The third-order valence-electron chi connectivity index (χ3n) is 7.73. The highest BCUT2D eigenvalue weighted by atomic mass is 16.5. The lowest BCUT2D eigenvalue weighted by Gasteiger charge is -2.38. The Kier molecular flexibility index (Phi) is 9.79. The van der Waals surface area contributed by atoms with Crippen LogP contribution in [0.15, 0.2) is 97.1 Å². The first kappa shape index (κ1) is 29.5. The number of rotatable bonds is 10. The molecule has 3 amide bonds. The van der Waals surface area contributed by atoms with Gasteiger partial charge in [0.2, 0.25) is 0 Å². The zero-order valence-corrected chi connectivity index (χ0v) is 24.8. The third-order valence-corrected chi connectivity index (χ3v) is 7.73. The number of methoxy groups -OCH3 is 1. The summed E-state index contributed by atoms with van der Waals surface area (Å²) in [5.41, 5.74) is 5.99. The van der Waals surface area contributed by atoms with Gasteiger partial charge in [0.15, 0.2) is 0 Å². The van der Waals surface area contributed by atoms with Crippen molar-refractivity contribution in [3.05, 3.63) is 114 Å². The van der Waals surface area contributed by atoms with Crippen molar-refractivity contribution in [1.29, 1.82) is 0 Å². The number of ether oxygens (including phenoxy) is 1. The minimum Gasteiger partial charge on any atom is -0.495 e. The molecule has 0 bridgehead atoms. The number of nitrogens with zero attached hydrogens (tertiary/aromatic N) is 2. The van der Waals surface area contributed by atoms with Crippen LogP contribution in [0.1, 0.15) is 28.4 Å². The fraction of sp³-hybridized carbons (Fsp3) is 0.257. The predicted molar refractivity (Wildman–Crippen MR) is 175 cm³/mol. The van der Waals surface area contributed by atoms with Gasteiger partial charge < -0.3 is 30.5 Å². The molecule has 0 saturated carbocycles. The predicted octanol–water partition coefficient (Wildman–Crippen LogP) is 6.20. The zero-order chi connectivity index (χ0) is 30.0. The van der Waals surface area contributed by atoms with Crippen molar-refractivity contribution < 1.29 is 14.3 Å². The Morgan fingerprint density at radius 3 is 2.19 bits per heavy atom. The molecule has 0 aliphatic carbocycles. The Balaban J connectivity index is 1.32. The van der Waals surface area contributed by atoms with Crippen molar-refractivity contribution >= 4 is 34.7 Å². The summed E-state index contributed by atoms with van der Waals surface area (Å²) in [5.74, 6) is 0.683. The van der Waals surface area contributed by atoms with Gasteiger partial charge in [0.25, 0.3) is 5.91 Å². The topological polar surface area (TPSA) is 85.9 Å². The lowest BCUT2D eigenvalue weighted by molar-refractivity contribution is 0.0954. The second-order valence-electron chi connectivity index (χ2n) is 10.5. The lowest BCUT2D eigenvalue weighted by Crippen LogP contribution is -2.47. The first-order valence-electron chi connectivity index (χ1n) is 14.8. The zero-order valence-electron chi connectivity index (χ0n) is 24.8. The Bertz CT molecular complexity index is 1530. The molecular weight excluding hydrogens is 538 g/mol. The Labute approximate surface area is 253 Å². The first-order valence-corrected chi connectivity index (χ1v) is 14.8. The maximum atomic E-state index is 13.6. The summed E-state index contributed by atoms with van der Waals surface area (Å²) in [6.07, 6.45) is 1.54. The molecule has 0 unspecified atom stereocenters. The molecule has 0 aromatic heterocycles. The molecule has 0 radical (unpaired) electrons. The largest absolute Gasteiger partial charge is 0.495 e. The molecule has 5 rings (SSSR count). The molecule has 0 spiro atoms. The maximum absolute atomic E-state index is 13.6. The number of urea groups is 1. The van der Waals surface area contributed by atoms with Crippen LogP contribution in [0.25, 0.3) is 0 Å². The maximum Gasteiger partial charge on any atom is 0.323 e. The van der Waals surface area contributed by atoms with Crippen LogP contribution < -0.4 is 30.5 Å². The summed E-state index contributed by atoms with van der Waals surface area (Å²) < 4.78 is 5.58. The van der Waals surface area contributed by atoms with E-state index in [1.165, 1.54) is 0 Å². The van der Waals surface area contributed by atoms with Gasteiger partial charge in [-0.2, -0.15) is 0 Å². The molecule has 3 N–H and O–H groups in total. The van der Waals surface area contributed by atoms with E-state index in [4.69, 9.17) is 4.74 Å². The number of para-hydroxylation sites is 3. The molecule has 4 aromatic carbocycles. The highest BCUT2D eigenvalue weighted by Crippen LogP contribution is 2.31. The average Bonchev–Trinajstić information content (AvgIpc) is 3.05. The van der Waals surface area contributed by atoms with E-state index in [9.17, 15) is 9.59 Å². The van der Waals surface area contributed by atoms with E-state index in [1.807, 2.05) is 72.8 Å². The van der Waals surface area contributed by atoms with Gasteiger partial charge in [0.1, 0.15) is 5.75 Å². The van der Waals surface area contributed by atoms with Gasteiger partial charge in [-0.1, -0.05) is 67.6 Å². The van der Waals surface area contributed by atoms with Gasteiger partial charge in [-0.25, -0.2) is 4.79 Å². The van der Waals surface area contributed by atoms with Crippen LogP contribution in [0.3, 0.4) is 0 Å². The monoisotopic (exact) mass is 577 g/mol. The van der Waals surface area contributed by atoms with Crippen LogP contribution in [0.5, 0.6) is 5.75 Å². The molecule has 0 atom stereocenters. The van der Waals surface area contributed by atoms with Crippen LogP contribution in [-0.2, 0) is 12.8 Å². The van der Waals surface area contributed by atoms with Crippen LogP contribution >= 0.6 is 0 Å². The van der Waals surface area contributed by atoms with Gasteiger partial charge in [-0.15, -0.1) is 0 Å². The van der Waals surface area contributed by atoms with Crippen LogP contribution in [0, 0.1) is 0 Å². The summed E-state index contributed by atoms with van der Waals surface area (Å²) in [5, 5.41) is 8.95. The normalized spacial score (nSPS) is 12.9. The molecule has 1 aliphatic rings. The molecule has 8 heteroatoms. The number of benzene rings is 4. The molecule has 8 nitrogen and oxygen atoms in total. The van der Waals surface area contributed by atoms with Crippen molar-refractivity contribution in [2.45, 2.75) is 19.8 Å². The van der Waals surface area contributed by atoms with Gasteiger partial charge in [0, 0.05) is 49.8 Å². The second-order valence-corrected chi connectivity index (χ2v) is 10.5. The fourth-order valence-electron chi connectivity index (χ4n) is 5.45. The van der Waals surface area contributed by atoms with Crippen molar-refractivity contribution in [1.82, 2.24) is 5.32 Å². The molecule has 222 valence electrons. The first-order chi connectivity index (χ1) is 21.1. The molecule has 43 heavy (non-hydrogen) atoms. The van der Waals surface area contributed by atoms with Crippen LogP contribution in [0.4, 0.5) is 27.5 Å². The smallest absolute Gasteiger partial charge is 0.323 e. The summed E-state index contributed by atoms with van der Waals surface area (Å²) >= 11 is 0. The van der Waals surface area contributed by atoms with Gasteiger partial charge in [0.05, 0.1) is 18.4 Å². The minimum absolute atomic E-state index is 0.168. The number of piperazine rings is 1. The van der Waals surface area contributed by atoms with E-state index in [0.29, 0.717) is 17.8 Å². The van der Waals surface area contributed by atoms with Crippen LogP contribution in [-0.4, -0.2) is 51.8 Å². The third kappa shape index (κ3) is 7.46. The fourth-order valence-corrected chi connectivity index (χ4v) is 5.45. The molecule has 1 heterocycles. The quantitative estimate of drug-likeness (QED) is 0.209. The van der Waals surface area contributed by atoms with E-state index in [2.05, 4.69) is 50.9 Å². The number of hydrogen-bond donors (Lipinski definition) is 3. The lowest BCUT2D eigenvalue weighted by atomic mass is 10.1. The van der Waals surface area contributed by atoms with E-state index in [-0.39, 0.29) is 11.9 Å². The molecule has 1 fully saturated rings. The highest BCUT2D eigenvalue weighted by Gasteiger charge is 2.24. The standard InChI is InChI=1S/C35H39N5O3/c1-3-27-13-7-8-14-30(27)38-35(42)37-28-17-18-31(29(25-28)34(41)36-20-19-26-11-5-4-6-12-26)39-21-23-40(24-22-39)32-15-9-10-16-33(32)43-2/h4-18,25H,3,19-24H2,1-2H3,(H,36,41)(H2,37,38,42). The minimum atomic E-state index is -0.352. The Morgan fingerprint density at radius 1 is 0.767 bits per heavy atom. The second kappa shape index (κ2) is 14.3. The van der Waals surface area contributed by atoms with Gasteiger partial charge in [-0.05, 0) is 60.4 Å². The Morgan fingerprint density at radius 2 is 1.44 bits per heavy atom. The summed E-state index contributed by atoms with van der Waals surface area (Å²) in [6, 6.07) is 31.1. The van der Waals surface area contributed by atoms with Gasteiger partial charge >= 0.3 is 6.03 Å². The van der Waals surface area contributed by atoms with E-state index in [1.54, 1.807) is 13.2 Å². The van der Waals surface area contributed by atoms with E-state index in [0.717, 1.165) is 73.0 Å². The van der Waals surface area contributed by atoms with Crippen LogP contribution in [0.2, 0.25) is 0 Å². The van der Waals surface area contributed by atoms with Crippen molar-refractivity contribution in [3.63, 3.8) is 0 Å². The van der Waals surface area contributed by atoms with Crippen molar-refractivity contribution in [3.8, 4) is 5.75 Å². The molecule has 4 aromatic rings. The van der Waals surface area contributed by atoms with Crippen molar-refractivity contribution in [2.24, 2.45) is 0 Å². The summed E-state index contributed by atoms with van der Waals surface area (Å²) in [6.45, 7) is 5.61. The summed E-state index contributed by atoms with van der Waals surface area (Å²) in [4.78, 5) is 31.1. The molecular formula is C35H39N5O3. The van der Waals surface area contributed by atoms with E-state index < -0.39 is 0 Å². The number of anilines is 4. The van der Waals surface area contributed by atoms with E-state index >= 15 is 0 Å². The summed E-state index contributed by atoms with van der Waals surface area (Å²) in [7, 11) is 1.69. The average molecular weight is 578 g/mol. The number of nitrogens with one attached hydrogen (secondary N) is 3. The Hall–Kier alpha value is -4.98. The molecule has 1 aliphatic heterocycles. The number of aryl methyl sites for hydroxylation is 1.